The van der Waals surface area contributed by atoms with Crippen LogP contribution in [0.4, 0.5) is 8.78 Å². The lowest BCUT2D eigenvalue weighted by Gasteiger charge is -2.37. The Morgan fingerprint density at radius 3 is 2.73 bits per heavy atom. The summed E-state index contributed by atoms with van der Waals surface area (Å²) in [6.07, 6.45) is 4.21. The molecule has 1 aliphatic heterocycles. The van der Waals surface area contributed by atoms with Crippen molar-refractivity contribution >= 4 is 28.6 Å². The lowest BCUT2D eigenvalue weighted by atomic mass is 9.81. The number of hydrogen-bond donors (Lipinski definition) is 2. The molecule has 37 heavy (non-hydrogen) atoms. The molecule has 0 amide bonds. The van der Waals surface area contributed by atoms with Gasteiger partial charge in [-0.05, 0) is 80.7 Å². The Kier molecular flexibility index (Phi) is 9.34. The van der Waals surface area contributed by atoms with Gasteiger partial charge >= 0.3 is 5.97 Å². The number of thioether (sulfide) groups is 1. The van der Waals surface area contributed by atoms with Gasteiger partial charge in [0.1, 0.15) is 17.4 Å². The lowest BCUT2D eigenvalue weighted by molar-refractivity contribution is -0.146. The number of aromatic nitrogens is 1. The molecule has 0 unspecified atom stereocenters. The third-order valence-electron chi connectivity index (χ3n) is 7.20. The zero-order valence-electron chi connectivity index (χ0n) is 21.1. The summed E-state index contributed by atoms with van der Waals surface area (Å²) in [5, 5.41) is 14.4. The van der Waals surface area contributed by atoms with Crippen molar-refractivity contribution in [3.63, 3.8) is 0 Å². The first-order valence-corrected chi connectivity index (χ1v) is 13.5. The molecule has 3 atom stereocenters. The number of carboxylic acids is 1. The van der Waals surface area contributed by atoms with Crippen molar-refractivity contribution in [2.45, 2.75) is 30.2 Å². The molecule has 3 aromatic rings. The van der Waals surface area contributed by atoms with Crippen LogP contribution < -0.4 is 10.1 Å². The molecule has 4 rings (SSSR count). The van der Waals surface area contributed by atoms with E-state index in [4.69, 9.17) is 4.74 Å². The fourth-order valence-corrected chi connectivity index (χ4v) is 6.19. The Labute approximate surface area is 220 Å². The Balaban J connectivity index is 1.36. The predicted octanol–water partition coefficient (Wildman–Crippen LogP) is 5.38. The molecule has 9 heteroatoms. The number of piperidine rings is 1. The summed E-state index contributed by atoms with van der Waals surface area (Å²) in [4.78, 5) is 19.3. The molecule has 1 aliphatic rings. The van der Waals surface area contributed by atoms with Crippen LogP contribution in [0.15, 0.2) is 53.6 Å². The van der Waals surface area contributed by atoms with E-state index in [-0.39, 0.29) is 12.0 Å². The Morgan fingerprint density at radius 2 is 2.03 bits per heavy atom. The Hall–Kier alpha value is -2.75. The summed E-state index contributed by atoms with van der Waals surface area (Å²) in [5.74, 6) is -0.902. The predicted molar refractivity (Wildman–Crippen MR) is 142 cm³/mol. The average Bonchev–Trinajstić information content (AvgIpc) is 2.88. The van der Waals surface area contributed by atoms with Gasteiger partial charge in [-0.3, -0.25) is 9.78 Å². The lowest BCUT2D eigenvalue weighted by Crippen LogP contribution is -2.44. The quantitative estimate of drug-likeness (QED) is 0.323. The number of carboxylic acid groups (broad SMARTS) is 1. The van der Waals surface area contributed by atoms with E-state index < -0.39 is 23.5 Å². The Morgan fingerprint density at radius 1 is 1.24 bits per heavy atom. The van der Waals surface area contributed by atoms with E-state index in [2.05, 4.69) is 15.2 Å². The second kappa shape index (κ2) is 12.7. The summed E-state index contributed by atoms with van der Waals surface area (Å²) in [5.41, 5.74) is 2.02. The summed E-state index contributed by atoms with van der Waals surface area (Å²) >= 11 is 1.38. The molecule has 1 aromatic heterocycles. The van der Waals surface area contributed by atoms with Crippen LogP contribution in [0.5, 0.6) is 5.75 Å². The smallest absolute Gasteiger partial charge is 0.308 e. The zero-order valence-corrected chi connectivity index (χ0v) is 21.9. The molecule has 0 aliphatic carbocycles. The van der Waals surface area contributed by atoms with Crippen LogP contribution in [0.2, 0.25) is 0 Å². The summed E-state index contributed by atoms with van der Waals surface area (Å²) in [6.45, 7) is 1.97. The minimum Gasteiger partial charge on any atom is -0.497 e. The third-order valence-corrected chi connectivity index (χ3v) is 8.16. The van der Waals surface area contributed by atoms with Gasteiger partial charge in [0, 0.05) is 47.4 Å². The molecule has 1 fully saturated rings. The molecule has 0 radical (unpaired) electrons. The number of pyridine rings is 1. The van der Waals surface area contributed by atoms with E-state index in [1.165, 1.54) is 23.9 Å². The first kappa shape index (κ1) is 27.3. The number of likely N-dealkylation sites (tertiary alicyclic amines) is 1. The maximum Gasteiger partial charge on any atom is 0.308 e. The van der Waals surface area contributed by atoms with Crippen molar-refractivity contribution in [1.82, 2.24) is 15.2 Å². The molecular formula is C28H33F2N3O3S. The molecule has 0 bridgehead atoms. The van der Waals surface area contributed by atoms with E-state index in [0.717, 1.165) is 54.1 Å². The monoisotopic (exact) mass is 529 g/mol. The SMILES string of the molecule is CN[C@@H](CC[C@@H]1CCN(CCSc2cc(F)cc(F)c2)C[C@@H]1C(=O)O)c1ccnc2ccc(OC)cc12. The number of carbonyl (C=O) groups is 1. The van der Waals surface area contributed by atoms with Crippen LogP contribution in [0.1, 0.15) is 30.9 Å². The molecule has 0 spiro atoms. The van der Waals surface area contributed by atoms with Crippen molar-refractivity contribution in [2.24, 2.45) is 11.8 Å². The van der Waals surface area contributed by atoms with Gasteiger partial charge in [-0.15, -0.1) is 11.8 Å². The average molecular weight is 530 g/mol. The number of hydrogen-bond acceptors (Lipinski definition) is 6. The van der Waals surface area contributed by atoms with E-state index in [1.54, 1.807) is 7.11 Å². The largest absolute Gasteiger partial charge is 0.497 e. The standard InChI is InChI=1S/C28H33F2N3O3S/c1-31-26(23-7-9-32-27-6-4-21(36-2)16-24(23)27)5-3-18-8-10-33(17-25(18)28(34)35)11-12-37-22-14-19(29)13-20(30)15-22/h4,6-7,9,13-16,18,25-26,31H,3,5,8,10-12,17H2,1-2H3,(H,34,35)/t18-,25+,26+/m1/s1. The van der Waals surface area contributed by atoms with Crippen LogP contribution in [0, 0.1) is 23.5 Å². The van der Waals surface area contributed by atoms with Crippen molar-refractivity contribution in [2.75, 3.05) is 39.5 Å². The van der Waals surface area contributed by atoms with Crippen LogP contribution in [-0.2, 0) is 4.79 Å². The van der Waals surface area contributed by atoms with Gasteiger partial charge in [0.05, 0.1) is 18.5 Å². The fraction of sp³-hybridized carbons (Fsp3) is 0.429. The van der Waals surface area contributed by atoms with E-state index >= 15 is 0 Å². The van der Waals surface area contributed by atoms with Gasteiger partial charge < -0.3 is 20.1 Å². The minimum atomic E-state index is -0.769. The van der Waals surface area contributed by atoms with Crippen LogP contribution in [0.25, 0.3) is 10.9 Å². The van der Waals surface area contributed by atoms with Gasteiger partial charge in [-0.2, -0.15) is 0 Å². The minimum absolute atomic E-state index is 0.0631. The number of ether oxygens (including phenoxy) is 1. The molecule has 0 saturated carbocycles. The third kappa shape index (κ3) is 6.97. The van der Waals surface area contributed by atoms with Crippen LogP contribution in [-0.4, -0.2) is 60.5 Å². The zero-order chi connectivity index (χ0) is 26.4. The van der Waals surface area contributed by atoms with E-state index in [0.29, 0.717) is 23.7 Å². The topological polar surface area (TPSA) is 74.7 Å². The molecule has 2 heterocycles. The molecular weight excluding hydrogens is 496 g/mol. The fourth-order valence-electron chi connectivity index (χ4n) is 5.21. The molecule has 2 N–H and O–H groups in total. The number of methoxy groups -OCH3 is 1. The second-order valence-corrected chi connectivity index (χ2v) is 10.6. The number of rotatable bonds is 11. The highest BCUT2D eigenvalue weighted by atomic mass is 32.2. The number of fused-ring (bicyclic) bond motifs is 1. The van der Waals surface area contributed by atoms with E-state index in [9.17, 15) is 18.7 Å². The molecule has 2 aromatic carbocycles. The van der Waals surface area contributed by atoms with Crippen molar-refractivity contribution in [1.29, 1.82) is 0 Å². The highest BCUT2D eigenvalue weighted by Crippen LogP contribution is 2.34. The highest BCUT2D eigenvalue weighted by Gasteiger charge is 2.34. The summed E-state index contributed by atoms with van der Waals surface area (Å²) in [6, 6.07) is 11.4. The maximum absolute atomic E-state index is 13.4. The van der Waals surface area contributed by atoms with Gasteiger partial charge in [0.25, 0.3) is 0 Å². The van der Waals surface area contributed by atoms with Crippen molar-refractivity contribution in [3.05, 3.63) is 65.9 Å². The normalized spacial score (nSPS) is 19.1. The second-order valence-electron chi connectivity index (χ2n) is 9.45. The molecule has 6 nitrogen and oxygen atoms in total. The Bertz CT molecular complexity index is 1210. The highest BCUT2D eigenvalue weighted by molar-refractivity contribution is 7.99. The van der Waals surface area contributed by atoms with Gasteiger partial charge in [-0.25, -0.2) is 8.78 Å². The number of nitrogens with one attached hydrogen (secondary N) is 1. The summed E-state index contributed by atoms with van der Waals surface area (Å²) < 4.78 is 32.3. The number of aliphatic carboxylic acids is 1. The van der Waals surface area contributed by atoms with Crippen LogP contribution >= 0.6 is 11.8 Å². The van der Waals surface area contributed by atoms with Crippen molar-refractivity contribution < 1.29 is 23.4 Å². The van der Waals surface area contributed by atoms with E-state index in [1.807, 2.05) is 37.5 Å². The van der Waals surface area contributed by atoms with Gasteiger partial charge in [-0.1, -0.05) is 0 Å². The van der Waals surface area contributed by atoms with Gasteiger partial charge in [0.15, 0.2) is 0 Å². The first-order valence-electron chi connectivity index (χ1n) is 12.5. The van der Waals surface area contributed by atoms with Gasteiger partial charge in [0.2, 0.25) is 0 Å². The van der Waals surface area contributed by atoms with Crippen molar-refractivity contribution in [3.8, 4) is 5.75 Å². The number of halogens is 2. The number of nitrogens with zero attached hydrogens (tertiary/aromatic N) is 2. The summed E-state index contributed by atoms with van der Waals surface area (Å²) in [7, 11) is 3.57. The first-order chi connectivity index (χ1) is 17.9. The number of benzene rings is 2. The molecule has 1 saturated heterocycles. The molecule has 198 valence electrons. The maximum atomic E-state index is 13.4. The van der Waals surface area contributed by atoms with Crippen LogP contribution in [0.3, 0.4) is 0 Å².